The van der Waals surface area contributed by atoms with E-state index in [-0.39, 0.29) is 11.8 Å². The van der Waals surface area contributed by atoms with E-state index in [2.05, 4.69) is 26.0 Å². The summed E-state index contributed by atoms with van der Waals surface area (Å²) in [7, 11) is 0. The predicted octanol–water partition coefficient (Wildman–Crippen LogP) is 1.22. The first-order valence-electron chi connectivity index (χ1n) is 6.94. The highest BCUT2D eigenvalue weighted by atomic mass is 32.1. The molecule has 0 saturated heterocycles. The first-order chi connectivity index (χ1) is 10.2. The fraction of sp³-hybridized carbons (Fsp3) is 0.462. The summed E-state index contributed by atoms with van der Waals surface area (Å²) in [5.41, 5.74) is 2.48. The van der Waals surface area contributed by atoms with Crippen LogP contribution in [0.4, 0.5) is 11.8 Å². The van der Waals surface area contributed by atoms with Crippen molar-refractivity contribution in [3.63, 3.8) is 0 Å². The molecule has 0 spiro atoms. The van der Waals surface area contributed by atoms with E-state index >= 15 is 0 Å². The molecule has 2 aromatic rings. The third-order valence-corrected chi connectivity index (χ3v) is 4.25. The third-order valence-electron chi connectivity index (χ3n) is 3.31. The fourth-order valence-electron chi connectivity index (χ4n) is 2.10. The molecule has 0 unspecified atom stereocenters. The summed E-state index contributed by atoms with van der Waals surface area (Å²) in [5.74, 6) is 6.91. The third kappa shape index (κ3) is 3.22. The zero-order valence-electron chi connectivity index (χ0n) is 11.8. The average molecular weight is 306 g/mol. The van der Waals surface area contributed by atoms with E-state index in [4.69, 9.17) is 5.84 Å². The molecule has 3 rings (SSSR count). The van der Waals surface area contributed by atoms with Gasteiger partial charge in [0, 0.05) is 23.9 Å². The number of hydrazine groups is 1. The van der Waals surface area contributed by atoms with E-state index in [0.717, 1.165) is 28.9 Å². The molecule has 0 radical (unpaired) electrons. The van der Waals surface area contributed by atoms with E-state index in [9.17, 15) is 4.79 Å². The van der Waals surface area contributed by atoms with Crippen LogP contribution >= 0.6 is 11.3 Å². The number of hydrogen-bond donors (Lipinski definition) is 4. The Kier molecular flexibility index (Phi) is 3.89. The first kappa shape index (κ1) is 14.0. The Labute approximate surface area is 126 Å². The number of carbonyl (C=O) groups is 1. The largest absolute Gasteiger partial charge is 0.368 e. The summed E-state index contributed by atoms with van der Waals surface area (Å²) in [6.07, 6.45) is 2.04. The molecule has 1 aliphatic carbocycles. The molecule has 112 valence electrons. The molecule has 1 amide bonds. The van der Waals surface area contributed by atoms with Gasteiger partial charge in [0.15, 0.2) is 0 Å². The molecule has 0 atom stereocenters. The Morgan fingerprint density at radius 3 is 2.95 bits per heavy atom. The van der Waals surface area contributed by atoms with Crippen molar-refractivity contribution < 1.29 is 4.79 Å². The molecule has 1 saturated carbocycles. The molecule has 7 nitrogen and oxygen atoms in total. The van der Waals surface area contributed by atoms with Crippen LogP contribution in [0.1, 0.15) is 17.7 Å². The summed E-state index contributed by atoms with van der Waals surface area (Å²) < 4.78 is 0. The van der Waals surface area contributed by atoms with E-state index in [0.29, 0.717) is 19.0 Å². The molecule has 5 N–H and O–H groups in total. The number of aromatic nitrogens is 2. The maximum absolute atomic E-state index is 11.5. The van der Waals surface area contributed by atoms with Crippen molar-refractivity contribution in [3.05, 3.63) is 10.9 Å². The molecule has 2 heterocycles. The molecule has 8 heteroatoms. The van der Waals surface area contributed by atoms with Gasteiger partial charge in [-0.05, 0) is 25.8 Å². The Hall–Kier alpha value is -1.93. The maximum Gasteiger partial charge on any atom is 0.240 e. The second-order valence-corrected chi connectivity index (χ2v) is 6.34. The normalized spacial score (nSPS) is 14.2. The molecule has 0 aromatic carbocycles. The number of fused-ring (bicyclic) bond motifs is 1. The number of thiophene rings is 1. The Bertz CT molecular complexity index is 666. The quantitative estimate of drug-likeness (QED) is 0.363. The maximum atomic E-state index is 11.5. The zero-order chi connectivity index (χ0) is 14.8. The monoisotopic (exact) mass is 306 g/mol. The van der Waals surface area contributed by atoms with Gasteiger partial charge in [0.2, 0.25) is 11.9 Å². The van der Waals surface area contributed by atoms with E-state index in [1.165, 1.54) is 4.88 Å². The minimum Gasteiger partial charge on any atom is -0.368 e. The van der Waals surface area contributed by atoms with Crippen LogP contribution in [0.2, 0.25) is 0 Å². The molecule has 2 aromatic heterocycles. The van der Waals surface area contributed by atoms with Gasteiger partial charge in [-0.15, -0.1) is 11.3 Å². The van der Waals surface area contributed by atoms with Crippen LogP contribution < -0.4 is 21.9 Å². The van der Waals surface area contributed by atoms with Crippen LogP contribution in [0, 0.1) is 12.8 Å². The number of anilines is 2. The highest BCUT2D eigenvalue weighted by molar-refractivity contribution is 7.18. The lowest BCUT2D eigenvalue weighted by atomic mass is 10.3. The lowest BCUT2D eigenvalue weighted by molar-refractivity contribution is -0.122. The number of amides is 1. The van der Waals surface area contributed by atoms with Gasteiger partial charge in [-0.1, -0.05) is 0 Å². The number of hydrogen-bond acceptors (Lipinski definition) is 7. The van der Waals surface area contributed by atoms with Gasteiger partial charge in [0.1, 0.15) is 10.6 Å². The zero-order valence-corrected chi connectivity index (χ0v) is 12.6. The molecule has 1 fully saturated rings. The van der Waals surface area contributed by atoms with Crippen LogP contribution in [0.15, 0.2) is 6.07 Å². The number of carbonyl (C=O) groups excluding carboxylic acids is 1. The second kappa shape index (κ2) is 5.82. The topological polar surface area (TPSA) is 105 Å². The SMILES string of the molecule is Cc1cc2c(NCCNC(=O)C3CC3)nc(NN)nc2s1. The van der Waals surface area contributed by atoms with Crippen molar-refractivity contribution in [2.24, 2.45) is 11.8 Å². The smallest absolute Gasteiger partial charge is 0.240 e. The first-order valence-corrected chi connectivity index (χ1v) is 7.75. The van der Waals surface area contributed by atoms with Crippen LogP contribution in [0.3, 0.4) is 0 Å². The Morgan fingerprint density at radius 1 is 1.43 bits per heavy atom. The van der Waals surface area contributed by atoms with Gasteiger partial charge >= 0.3 is 0 Å². The van der Waals surface area contributed by atoms with E-state index in [1.807, 2.05) is 13.0 Å². The minimum absolute atomic E-state index is 0.153. The Morgan fingerprint density at radius 2 is 2.24 bits per heavy atom. The average Bonchev–Trinajstić information content (AvgIpc) is 3.24. The minimum atomic E-state index is 0.153. The van der Waals surface area contributed by atoms with Crippen molar-refractivity contribution in [3.8, 4) is 0 Å². The van der Waals surface area contributed by atoms with Crippen molar-refractivity contribution in [1.29, 1.82) is 0 Å². The highest BCUT2D eigenvalue weighted by Gasteiger charge is 2.28. The summed E-state index contributed by atoms with van der Waals surface area (Å²) >= 11 is 1.60. The predicted molar refractivity (Wildman–Crippen MR) is 84.2 cm³/mol. The van der Waals surface area contributed by atoms with E-state index < -0.39 is 0 Å². The van der Waals surface area contributed by atoms with Gasteiger partial charge in [0.25, 0.3) is 0 Å². The number of nitrogens with one attached hydrogen (secondary N) is 3. The number of rotatable bonds is 6. The number of aryl methyl sites for hydroxylation is 1. The lowest BCUT2D eigenvalue weighted by Crippen LogP contribution is -2.30. The van der Waals surface area contributed by atoms with Crippen LogP contribution in [0.5, 0.6) is 0 Å². The Balaban J connectivity index is 1.65. The summed E-state index contributed by atoms with van der Waals surface area (Å²) in [5, 5.41) is 7.13. The van der Waals surface area contributed by atoms with Crippen LogP contribution in [0.25, 0.3) is 10.2 Å². The molecular weight excluding hydrogens is 288 g/mol. The summed E-state index contributed by atoms with van der Waals surface area (Å²) in [6, 6.07) is 2.05. The van der Waals surface area contributed by atoms with Gasteiger partial charge < -0.3 is 10.6 Å². The standard InChI is InChI=1S/C13H18N6OS/c1-7-6-9-10(17-13(19-14)18-12(9)21-7)15-4-5-16-11(20)8-2-3-8/h6,8H,2-5,14H2,1H3,(H,16,20)(H2,15,17,18,19). The van der Waals surface area contributed by atoms with Crippen molar-refractivity contribution in [1.82, 2.24) is 15.3 Å². The van der Waals surface area contributed by atoms with Gasteiger partial charge in [-0.2, -0.15) is 4.98 Å². The van der Waals surface area contributed by atoms with E-state index in [1.54, 1.807) is 11.3 Å². The highest BCUT2D eigenvalue weighted by Crippen LogP contribution is 2.29. The van der Waals surface area contributed by atoms with Crippen LogP contribution in [-0.2, 0) is 4.79 Å². The van der Waals surface area contributed by atoms with Gasteiger partial charge in [-0.3, -0.25) is 10.2 Å². The number of nitrogen functional groups attached to an aromatic ring is 1. The van der Waals surface area contributed by atoms with Gasteiger partial charge in [-0.25, -0.2) is 10.8 Å². The van der Waals surface area contributed by atoms with Crippen molar-refractivity contribution in [2.45, 2.75) is 19.8 Å². The summed E-state index contributed by atoms with van der Waals surface area (Å²) in [6.45, 7) is 3.22. The van der Waals surface area contributed by atoms with Crippen LogP contribution in [-0.4, -0.2) is 29.0 Å². The molecular formula is C13H18N6OS. The summed E-state index contributed by atoms with van der Waals surface area (Å²) in [4.78, 5) is 22.3. The van der Waals surface area contributed by atoms with Crippen molar-refractivity contribution >= 4 is 39.2 Å². The van der Waals surface area contributed by atoms with Gasteiger partial charge in [0.05, 0.1) is 5.39 Å². The lowest BCUT2D eigenvalue weighted by Gasteiger charge is -2.09. The molecule has 0 aliphatic heterocycles. The molecule has 0 bridgehead atoms. The number of nitrogens with two attached hydrogens (primary N) is 1. The molecule has 21 heavy (non-hydrogen) atoms. The fourth-order valence-corrected chi connectivity index (χ4v) is 2.98. The number of nitrogens with zero attached hydrogens (tertiary/aromatic N) is 2. The molecule has 1 aliphatic rings. The second-order valence-electron chi connectivity index (χ2n) is 5.11. The van der Waals surface area contributed by atoms with Crippen molar-refractivity contribution in [2.75, 3.05) is 23.8 Å².